The summed E-state index contributed by atoms with van der Waals surface area (Å²) in [6, 6.07) is 0. The van der Waals surface area contributed by atoms with Crippen molar-refractivity contribution in [2.24, 2.45) is 0 Å². The highest BCUT2D eigenvalue weighted by Crippen LogP contribution is 2.08. The molecule has 6 nitrogen and oxygen atoms in total. The largest absolute Gasteiger partial charge is 0.382 e. The topological polar surface area (TPSA) is 72.8 Å². The molecule has 0 rings (SSSR count). The van der Waals surface area contributed by atoms with E-state index in [1.807, 2.05) is 0 Å². The fraction of sp³-hybridized carbons (Fsp3) is 1.00. The Bertz CT molecular complexity index is 334. The van der Waals surface area contributed by atoms with E-state index >= 15 is 0 Å². The van der Waals surface area contributed by atoms with Gasteiger partial charge < -0.3 is 14.0 Å². The fourth-order valence-corrected chi connectivity index (χ4v) is 2.75. The van der Waals surface area contributed by atoms with Gasteiger partial charge in [-0.1, -0.05) is 6.92 Å². The van der Waals surface area contributed by atoms with Crippen LogP contribution in [0.4, 0.5) is 0 Å². The summed E-state index contributed by atoms with van der Waals surface area (Å²) >= 11 is 0. The number of hydrogen-bond donors (Lipinski definition) is 1. The van der Waals surface area contributed by atoms with E-state index in [4.69, 9.17) is 14.0 Å². The van der Waals surface area contributed by atoms with Gasteiger partial charge in [0.15, 0.2) is 0 Å². The number of likely N-dealkylation sites (N-methyl/N-ethyl adjacent to an activating group) is 1. The second-order valence-electron chi connectivity index (χ2n) is 5.39. The molecule has 0 heterocycles. The van der Waals surface area contributed by atoms with Crippen LogP contribution in [0.25, 0.3) is 0 Å². The van der Waals surface area contributed by atoms with Gasteiger partial charge in [0.2, 0.25) is 0 Å². The molecule has 0 aromatic rings. The van der Waals surface area contributed by atoms with Gasteiger partial charge in [-0.05, 0) is 19.3 Å². The van der Waals surface area contributed by atoms with Crippen LogP contribution in [-0.4, -0.2) is 76.8 Å². The zero-order valence-electron chi connectivity index (χ0n) is 13.0. The first-order valence-corrected chi connectivity index (χ1v) is 8.79. The minimum atomic E-state index is -3.83. The zero-order valence-corrected chi connectivity index (χ0v) is 13.8. The second kappa shape index (κ2) is 10.5. The van der Waals surface area contributed by atoms with Crippen molar-refractivity contribution in [1.82, 2.24) is 0 Å². The van der Waals surface area contributed by atoms with E-state index in [1.54, 1.807) is 7.11 Å². The number of unbranched alkanes of at least 4 members (excludes halogenated alkanes) is 1. The highest BCUT2D eigenvalue weighted by Gasteiger charge is 2.20. The van der Waals surface area contributed by atoms with Gasteiger partial charge in [-0.25, -0.2) is 0 Å². The molecule has 0 saturated heterocycles. The van der Waals surface area contributed by atoms with Crippen LogP contribution >= 0.6 is 0 Å². The Morgan fingerprint density at radius 3 is 2.30 bits per heavy atom. The van der Waals surface area contributed by atoms with E-state index in [0.29, 0.717) is 26.2 Å². The summed E-state index contributed by atoms with van der Waals surface area (Å²) in [4.78, 5) is 0. The summed E-state index contributed by atoms with van der Waals surface area (Å²) < 4.78 is 41.3. The minimum absolute atomic E-state index is 0.149. The molecule has 0 radical (unpaired) electrons. The third-order valence-corrected chi connectivity index (χ3v) is 4.13. The van der Waals surface area contributed by atoms with Crippen molar-refractivity contribution in [1.29, 1.82) is 0 Å². The SMILES string of the molecule is CCC[N+](C)(CCCCS(=O)(=O)O)CCOCCOC. The summed E-state index contributed by atoms with van der Waals surface area (Å²) in [7, 11) is -0.0149. The molecule has 0 aromatic heterocycles. The molecule has 1 atom stereocenters. The zero-order chi connectivity index (χ0) is 15.5. The Morgan fingerprint density at radius 2 is 1.75 bits per heavy atom. The minimum Gasteiger partial charge on any atom is -0.382 e. The number of nitrogens with zero attached hydrogens (tertiary/aromatic N) is 1. The van der Waals surface area contributed by atoms with Gasteiger partial charge in [-0.2, -0.15) is 8.42 Å². The van der Waals surface area contributed by atoms with Gasteiger partial charge in [-0.15, -0.1) is 0 Å². The first-order chi connectivity index (χ1) is 9.33. The van der Waals surface area contributed by atoms with Crippen molar-refractivity contribution in [3.05, 3.63) is 0 Å². The van der Waals surface area contributed by atoms with Crippen LogP contribution < -0.4 is 0 Å². The molecule has 0 bridgehead atoms. The molecule has 0 aliphatic rings. The summed E-state index contributed by atoms with van der Waals surface area (Å²) in [6.07, 6.45) is 2.36. The molecule has 7 heteroatoms. The Hall–Kier alpha value is -0.210. The molecule has 0 amide bonds. The standard InChI is InChI=1S/C13H29NO5S/c1-4-7-14(2,9-10-19-12-11-18-3)8-5-6-13-20(15,16)17/h4-13H2,1-3H3/p+1. The number of hydrogen-bond acceptors (Lipinski definition) is 4. The van der Waals surface area contributed by atoms with E-state index in [-0.39, 0.29) is 5.75 Å². The maximum Gasteiger partial charge on any atom is 0.264 e. The lowest BCUT2D eigenvalue weighted by molar-refractivity contribution is -0.910. The Kier molecular flexibility index (Phi) is 10.4. The molecule has 0 aliphatic heterocycles. The quantitative estimate of drug-likeness (QED) is 0.314. The lowest BCUT2D eigenvalue weighted by Crippen LogP contribution is -2.47. The number of quaternary nitrogens is 1. The van der Waals surface area contributed by atoms with E-state index < -0.39 is 10.1 Å². The van der Waals surface area contributed by atoms with E-state index in [1.165, 1.54) is 0 Å². The van der Waals surface area contributed by atoms with E-state index in [9.17, 15) is 8.42 Å². The molecule has 1 N–H and O–H groups in total. The maximum absolute atomic E-state index is 10.7. The van der Waals surface area contributed by atoms with Crippen LogP contribution in [0.5, 0.6) is 0 Å². The van der Waals surface area contributed by atoms with Crippen molar-refractivity contribution >= 4 is 10.1 Å². The third kappa shape index (κ3) is 11.6. The first kappa shape index (κ1) is 19.8. The summed E-state index contributed by atoms with van der Waals surface area (Å²) in [5, 5.41) is 0. The number of rotatable bonds is 13. The van der Waals surface area contributed by atoms with Gasteiger partial charge in [0, 0.05) is 7.11 Å². The molecular weight excluding hydrogens is 282 g/mol. The molecule has 1 unspecified atom stereocenters. The Labute approximate surface area is 123 Å². The van der Waals surface area contributed by atoms with E-state index in [0.717, 1.165) is 37.0 Å². The average molecular weight is 312 g/mol. The maximum atomic E-state index is 10.7. The monoisotopic (exact) mass is 312 g/mol. The lowest BCUT2D eigenvalue weighted by Gasteiger charge is -2.34. The van der Waals surface area contributed by atoms with Gasteiger partial charge in [-0.3, -0.25) is 4.55 Å². The predicted molar refractivity (Wildman–Crippen MR) is 79.4 cm³/mol. The number of ether oxygens (including phenoxy) is 2. The molecule has 0 spiro atoms. The van der Waals surface area contributed by atoms with Gasteiger partial charge in [0.05, 0.1) is 45.7 Å². The molecule has 0 fully saturated rings. The van der Waals surface area contributed by atoms with Crippen LogP contribution in [0, 0.1) is 0 Å². The highest BCUT2D eigenvalue weighted by molar-refractivity contribution is 7.85. The normalized spacial score (nSPS) is 15.2. The molecule has 0 aliphatic carbocycles. The molecule has 0 saturated carbocycles. The first-order valence-electron chi connectivity index (χ1n) is 7.18. The van der Waals surface area contributed by atoms with Crippen LogP contribution in [-0.2, 0) is 19.6 Å². The summed E-state index contributed by atoms with van der Waals surface area (Å²) in [6.45, 7) is 6.87. The number of methoxy groups -OCH3 is 1. The van der Waals surface area contributed by atoms with Crippen molar-refractivity contribution in [2.75, 3.05) is 59.4 Å². The smallest absolute Gasteiger partial charge is 0.264 e. The van der Waals surface area contributed by atoms with Crippen LogP contribution in [0.15, 0.2) is 0 Å². The van der Waals surface area contributed by atoms with Crippen LogP contribution in [0.1, 0.15) is 26.2 Å². The summed E-state index contributed by atoms with van der Waals surface area (Å²) in [5.41, 5.74) is 0. The Balaban J connectivity index is 3.97. The second-order valence-corrected chi connectivity index (χ2v) is 6.96. The Morgan fingerprint density at radius 1 is 1.05 bits per heavy atom. The highest BCUT2D eigenvalue weighted by atomic mass is 32.2. The van der Waals surface area contributed by atoms with Crippen LogP contribution in [0.2, 0.25) is 0 Å². The van der Waals surface area contributed by atoms with Gasteiger partial charge in [0.25, 0.3) is 10.1 Å². The summed E-state index contributed by atoms with van der Waals surface area (Å²) in [5.74, 6) is -0.149. The lowest BCUT2D eigenvalue weighted by atomic mass is 10.2. The molecule has 0 aromatic carbocycles. The van der Waals surface area contributed by atoms with Crippen molar-refractivity contribution in [2.45, 2.75) is 26.2 Å². The fourth-order valence-electron chi connectivity index (χ4n) is 2.18. The van der Waals surface area contributed by atoms with E-state index in [2.05, 4.69) is 14.0 Å². The predicted octanol–water partition coefficient (Wildman–Crippen LogP) is 1.17. The molecule has 20 heavy (non-hydrogen) atoms. The average Bonchev–Trinajstić information content (AvgIpc) is 2.34. The third-order valence-electron chi connectivity index (χ3n) is 3.32. The van der Waals surface area contributed by atoms with Crippen molar-refractivity contribution in [3.8, 4) is 0 Å². The van der Waals surface area contributed by atoms with Gasteiger partial charge >= 0.3 is 0 Å². The van der Waals surface area contributed by atoms with Crippen molar-refractivity contribution < 1.29 is 26.9 Å². The van der Waals surface area contributed by atoms with Crippen LogP contribution in [0.3, 0.4) is 0 Å². The van der Waals surface area contributed by atoms with Gasteiger partial charge in [0.1, 0.15) is 6.54 Å². The molecular formula is C13H30NO5S+. The molecule has 122 valence electrons. The van der Waals surface area contributed by atoms with Crippen molar-refractivity contribution in [3.63, 3.8) is 0 Å².